The molecule has 0 fully saturated rings. The van der Waals surface area contributed by atoms with Gasteiger partial charge in [-0.25, -0.2) is 4.39 Å². The molecule has 1 atom stereocenters. The average Bonchev–Trinajstić information content (AvgIpc) is 2.50. The third-order valence-electron chi connectivity index (χ3n) is 1.96. The molecule has 0 saturated heterocycles. The van der Waals surface area contributed by atoms with E-state index in [0.717, 1.165) is 12.1 Å². The van der Waals surface area contributed by atoms with Crippen molar-refractivity contribution in [1.29, 1.82) is 0 Å². The van der Waals surface area contributed by atoms with Crippen LogP contribution in [0.4, 0.5) is 4.39 Å². The molecule has 0 aromatic heterocycles. The Morgan fingerprint density at radius 2 is 2.27 bits per heavy atom. The van der Waals surface area contributed by atoms with Crippen LogP contribution in [0.15, 0.2) is 23.2 Å². The average molecular weight is 210 g/mol. The van der Waals surface area contributed by atoms with Gasteiger partial charge in [0, 0.05) is 5.56 Å². The molecule has 0 aliphatic carbocycles. The van der Waals surface area contributed by atoms with Gasteiger partial charge in [-0.05, 0) is 12.1 Å². The number of phenols is 1. The Bertz CT molecular complexity index is 459. The summed E-state index contributed by atoms with van der Waals surface area (Å²) in [6.45, 7) is 0. The minimum absolute atomic E-state index is 0.238. The van der Waals surface area contributed by atoms with E-state index in [1.54, 1.807) is 0 Å². The van der Waals surface area contributed by atoms with Gasteiger partial charge in [-0.3, -0.25) is 4.79 Å². The van der Waals surface area contributed by atoms with Crippen LogP contribution < -0.4 is 5.73 Å². The second kappa shape index (κ2) is 3.23. The molecular weight excluding hydrogens is 203 g/mol. The first-order chi connectivity index (χ1) is 7.08. The summed E-state index contributed by atoms with van der Waals surface area (Å²) in [5, 5.41) is 8.95. The van der Waals surface area contributed by atoms with Crippen molar-refractivity contribution in [3.05, 3.63) is 29.6 Å². The van der Waals surface area contributed by atoms with Crippen LogP contribution in [0.1, 0.15) is 11.7 Å². The smallest absolute Gasteiger partial charge is 0.296 e. The number of hydrogen-bond donors (Lipinski definition) is 2. The molecule has 1 unspecified atom stereocenters. The quantitative estimate of drug-likeness (QED) is 0.704. The Morgan fingerprint density at radius 3 is 2.80 bits per heavy atom. The largest absolute Gasteiger partial charge is 0.505 e. The molecule has 0 spiro atoms. The predicted octanol–water partition coefficient (Wildman–Crippen LogP) is 0.444. The van der Waals surface area contributed by atoms with Crippen LogP contribution in [0, 0.1) is 5.82 Å². The number of hydrogen-bond acceptors (Lipinski definition) is 4. The van der Waals surface area contributed by atoms with Crippen molar-refractivity contribution in [3.8, 4) is 5.75 Å². The Balaban J connectivity index is 2.32. The molecule has 2 rings (SSSR count). The Hall–Kier alpha value is -2.11. The number of ether oxygens (including phenoxy) is 1. The summed E-state index contributed by atoms with van der Waals surface area (Å²) in [6, 6.07) is 3.27. The number of amides is 1. The number of rotatable bonds is 1. The molecule has 0 bridgehead atoms. The maximum absolute atomic E-state index is 13.0. The van der Waals surface area contributed by atoms with Gasteiger partial charge in [0.15, 0.2) is 11.6 Å². The highest BCUT2D eigenvalue weighted by atomic mass is 19.1. The topological polar surface area (TPSA) is 84.9 Å². The summed E-state index contributed by atoms with van der Waals surface area (Å²) >= 11 is 0. The first kappa shape index (κ1) is 9.45. The molecule has 1 aromatic carbocycles. The van der Waals surface area contributed by atoms with E-state index in [9.17, 15) is 9.18 Å². The van der Waals surface area contributed by atoms with Crippen LogP contribution >= 0.6 is 0 Å². The lowest BCUT2D eigenvalue weighted by atomic mass is 10.1. The van der Waals surface area contributed by atoms with Gasteiger partial charge in [0.1, 0.15) is 0 Å². The van der Waals surface area contributed by atoms with E-state index >= 15 is 0 Å². The van der Waals surface area contributed by atoms with E-state index < -0.39 is 23.6 Å². The number of carbonyl (C=O) groups is 1. The number of halogens is 1. The fourth-order valence-corrected chi connectivity index (χ4v) is 1.26. The Kier molecular flexibility index (Phi) is 2.03. The van der Waals surface area contributed by atoms with Gasteiger partial charge in [0.05, 0.1) is 0 Å². The summed E-state index contributed by atoms with van der Waals surface area (Å²) in [7, 11) is 0. The fraction of sp³-hybridized carbons (Fsp3) is 0.111. The second-order valence-corrected chi connectivity index (χ2v) is 3.00. The van der Waals surface area contributed by atoms with Crippen molar-refractivity contribution >= 4 is 11.9 Å². The molecule has 78 valence electrons. The lowest BCUT2D eigenvalue weighted by Crippen LogP contribution is -2.14. The molecular formula is C9H7FN2O3. The molecule has 1 heterocycles. The first-order valence-electron chi connectivity index (χ1n) is 4.11. The molecule has 0 radical (unpaired) electrons. The minimum Gasteiger partial charge on any atom is -0.505 e. The van der Waals surface area contributed by atoms with Crippen LogP contribution in [-0.4, -0.2) is 17.0 Å². The number of nitrogens with zero attached hydrogens (tertiary/aromatic N) is 1. The SMILES string of the molecule is NC1=NC(=O)C(c2ccc(O)c(F)c2)O1. The van der Waals surface area contributed by atoms with Crippen LogP contribution in [0.2, 0.25) is 0 Å². The third kappa shape index (κ3) is 1.61. The van der Waals surface area contributed by atoms with Crippen LogP contribution in [-0.2, 0) is 9.53 Å². The molecule has 1 aliphatic heterocycles. The van der Waals surface area contributed by atoms with Gasteiger partial charge < -0.3 is 15.6 Å². The zero-order chi connectivity index (χ0) is 11.0. The van der Waals surface area contributed by atoms with Crippen molar-refractivity contribution in [2.45, 2.75) is 6.10 Å². The standard InChI is InChI=1S/C9H7FN2O3/c10-5-3-4(1-2-6(5)13)7-8(14)12-9(11)15-7/h1-3,7,13H,(H2,11,12,14). The molecule has 1 aliphatic rings. The number of benzene rings is 1. The number of amidine groups is 1. The van der Waals surface area contributed by atoms with E-state index in [2.05, 4.69) is 4.99 Å². The summed E-state index contributed by atoms with van der Waals surface area (Å²) in [5.74, 6) is -1.90. The summed E-state index contributed by atoms with van der Waals surface area (Å²) in [4.78, 5) is 14.6. The monoisotopic (exact) mass is 210 g/mol. The normalized spacial score (nSPS) is 19.9. The molecule has 1 amide bonds. The number of carbonyl (C=O) groups excluding carboxylic acids is 1. The summed E-state index contributed by atoms with van der Waals surface area (Å²) in [6.07, 6.45) is -1.01. The maximum Gasteiger partial charge on any atom is 0.296 e. The fourth-order valence-electron chi connectivity index (χ4n) is 1.26. The minimum atomic E-state index is -1.01. The van der Waals surface area contributed by atoms with Crippen molar-refractivity contribution in [1.82, 2.24) is 0 Å². The predicted molar refractivity (Wildman–Crippen MR) is 48.5 cm³/mol. The second-order valence-electron chi connectivity index (χ2n) is 3.00. The number of nitrogens with two attached hydrogens (primary N) is 1. The van der Waals surface area contributed by atoms with Gasteiger partial charge in [-0.2, -0.15) is 4.99 Å². The van der Waals surface area contributed by atoms with Gasteiger partial charge in [0.2, 0.25) is 6.10 Å². The van der Waals surface area contributed by atoms with Crippen molar-refractivity contribution in [2.75, 3.05) is 0 Å². The van der Waals surface area contributed by atoms with E-state index in [4.69, 9.17) is 15.6 Å². The number of aromatic hydroxyl groups is 1. The van der Waals surface area contributed by atoms with Gasteiger partial charge in [0.25, 0.3) is 11.9 Å². The van der Waals surface area contributed by atoms with Crippen molar-refractivity contribution < 1.29 is 19.0 Å². The summed E-state index contributed by atoms with van der Waals surface area (Å²) in [5.41, 5.74) is 5.45. The molecule has 15 heavy (non-hydrogen) atoms. The maximum atomic E-state index is 13.0. The van der Waals surface area contributed by atoms with Crippen LogP contribution in [0.3, 0.4) is 0 Å². The molecule has 3 N–H and O–H groups in total. The van der Waals surface area contributed by atoms with Crippen LogP contribution in [0.5, 0.6) is 5.75 Å². The van der Waals surface area contributed by atoms with Gasteiger partial charge in [-0.15, -0.1) is 0 Å². The highest BCUT2D eigenvalue weighted by Crippen LogP contribution is 2.26. The molecule has 5 nitrogen and oxygen atoms in total. The zero-order valence-electron chi connectivity index (χ0n) is 7.48. The highest BCUT2D eigenvalue weighted by Gasteiger charge is 2.29. The van der Waals surface area contributed by atoms with Crippen molar-refractivity contribution in [3.63, 3.8) is 0 Å². The van der Waals surface area contributed by atoms with Gasteiger partial charge >= 0.3 is 0 Å². The zero-order valence-corrected chi connectivity index (χ0v) is 7.48. The lowest BCUT2D eigenvalue weighted by molar-refractivity contribution is -0.122. The van der Waals surface area contributed by atoms with Crippen molar-refractivity contribution in [2.24, 2.45) is 10.7 Å². The third-order valence-corrected chi connectivity index (χ3v) is 1.96. The van der Waals surface area contributed by atoms with E-state index in [1.807, 2.05) is 0 Å². The van der Waals surface area contributed by atoms with E-state index in [1.165, 1.54) is 6.07 Å². The molecule has 0 saturated carbocycles. The summed E-state index contributed by atoms with van der Waals surface area (Å²) < 4.78 is 17.9. The first-order valence-corrected chi connectivity index (χ1v) is 4.11. The van der Waals surface area contributed by atoms with E-state index in [0.29, 0.717) is 0 Å². The van der Waals surface area contributed by atoms with Gasteiger partial charge in [-0.1, -0.05) is 6.07 Å². The molecule has 1 aromatic rings. The number of phenolic OH excluding ortho intramolecular Hbond substituents is 1. The Morgan fingerprint density at radius 1 is 1.53 bits per heavy atom. The number of aliphatic imine (C=N–C) groups is 1. The lowest BCUT2D eigenvalue weighted by Gasteiger charge is -2.08. The Labute approximate surface area is 84.0 Å². The highest BCUT2D eigenvalue weighted by molar-refractivity contribution is 5.98. The van der Waals surface area contributed by atoms with E-state index in [-0.39, 0.29) is 11.6 Å². The van der Waals surface area contributed by atoms with Crippen LogP contribution in [0.25, 0.3) is 0 Å². The molecule has 6 heteroatoms.